The number of hydrogen-bond donors (Lipinski definition) is 0. The molecule has 0 aliphatic heterocycles. The Labute approximate surface area is 341 Å². The summed E-state index contributed by atoms with van der Waals surface area (Å²) in [7, 11) is 0. The number of hydrogen-bond acceptors (Lipinski definition) is 4. The molecule has 0 spiro atoms. The average Bonchev–Trinajstić information content (AvgIpc) is 3.69. The molecule has 4 heteroatoms. The summed E-state index contributed by atoms with van der Waals surface area (Å²) < 4.78 is 1.22. The second-order valence-electron chi connectivity index (χ2n) is 15.1. The predicted octanol–water partition coefficient (Wildman–Crippen LogP) is 14.9. The highest BCUT2D eigenvalue weighted by molar-refractivity contribution is 7.20. The molecule has 2 aromatic heterocycles. The molecule has 1 aliphatic rings. The Bertz CT molecular complexity index is 3160. The summed E-state index contributed by atoms with van der Waals surface area (Å²) in [5.41, 5.74) is 11.4. The second kappa shape index (κ2) is 14.2. The number of benzene rings is 8. The third kappa shape index (κ3) is 5.84. The number of aromatic nitrogens is 3. The van der Waals surface area contributed by atoms with Crippen LogP contribution in [0.5, 0.6) is 0 Å². The van der Waals surface area contributed by atoms with Crippen LogP contribution in [-0.4, -0.2) is 15.0 Å². The van der Waals surface area contributed by atoms with Crippen molar-refractivity contribution in [2.45, 2.75) is 19.3 Å². The lowest BCUT2D eigenvalue weighted by atomic mass is 9.86. The van der Waals surface area contributed by atoms with Crippen molar-refractivity contribution in [3.05, 3.63) is 192 Å². The van der Waals surface area contributed by atoms with Gasteiger partial charge >= 0.3 is 0 Å². The number of rotatable bonds is 6. The first-order chi connectivity index (χ1) is 28.7. The molecular formula is C54H37N3S. The molecule has 0 radical (unpaired) electrons. The first kappa shape index (κ1) is 34.3. The monoisotopic (exact) mass is 759 g/mol. The lowest BCUT2D eigenvalue weighted by Gasteiger charge is -2.18. The lowest BCUT2D eigenvalue weighted by molar-refractivity contribution is 0.783. The minimum absolute atomic E-state index is 0.464. The largest absolute Gasteiger partial charge is 0.208 e. The van der Waals surface area contributed by atoms with Crippen LogP contribution in [0.2, 0.25) is 0 Å². The Morgan fingerprint density at radius 3 is 1.53 bits per heavy atom. The Morgan fingerprint density at radius 2 is 0.897 bits per heavy atom. The topological polar surface area (TPSA) is 38.7 Å². The molecule has 2 heterocycles. The van der Waals surface area contributed by atoms with E-state index in [9.17, 15) is 0 Å². The summed E-state index contributed by atoms with van der Waals surface area (Å²) in [6, 6.07) is 62.7. The van der Waals surface area contributed by atoms with E-state index in [0.717, 1.165) is 39.8 Å². The molecule has 1 unspecified atom stereocenters. The Kier molecular flexibility index (Phi) is 8.37. The maximum absolute atomic E-state index is 5.34. The molecule has 3 nitrogen and oxygen atoms in total. The van der Waals surface area contributed by atoms with E-state index in [1.165, 1.54) is 58.8 Å². The quantitative estimate of drug-likeness (QED) is 0.159. The zero-order valence-corrected chi connectivity index (χ0v) is 32.7. The van der Waals surface area contributed by atoms with Crippen LogP contribution >= 0.6 is 11.3 Å². The van der Waals surface area contributed by atoms with Crippen molar-refractivity contribution in [3.63, 3.8) is 0 Å². The Hall–Kier alpha value is -7.01. The van der Waals surface area contributed by atoms with Gasteiger partial charge in [0.1, 0.15) is 0 Å². The highest BCUT2D eigenvalue weighted by Crippen LogP contribution is 2.46. The molecule has 8 aromatic carbocycles. The summed E-state index contributed by atoms with van der Waals surface area (Å²) in [6.45, 7) is 2.33. The van der Waals surface area contributed by atoms with E-state index in [1.807, 2.05) is 11.3 Å². The van der Waals surface area contributed by atoms with Crippen LogP contribution in [0.25, 0.3) is 105 Å². The third-order valence-corrected chi connectivity index (χ3v) is 12.8. The van der Waals surface area contributed by atoms with Crippen molar-refractivity contribution in [3.8, 4) is 67.5 Å². The highest BCUT2D eigenvalue weighted by atomic mass is 32.1. The summed E-state index contributed by atoms with van der Waals surface area (Å²) in [4.78, 5) is 17.2. The van der Waals surface area contributed by atoms with Crippen LogP contribution in [0.1, 0.15) is 29.7 Å². The normalized spacial score (nSPS) is 13.6. The standard InChI is InChI=1S/C54H37N3S/c1-34-16-12-31-47-48(34)45-29-15-30-46(51(45)58-47)54-56-52(39-23-13-21-37(32-39)35-17-4-2-5-18-35)55-53(57-54)40-24-14-22-38(33-40)50-43-27-10-8-25-41(43)49(36-19-6-3-7-20-36)42-26-9-11-28-44(42)50/h2-15,17-34H,16H2,1H3. The Morgan fingerprint density at radius 1 is 0.431 bits per heavy atom. The van der Waals surface area contributed by atoms with Gasteiger partial charge in [-0.3, -0.25) is 0 Å². The van der Waals surface area contributed by atoms with Gasteiger partial charge < -0.3 is 0 Å². The molecule has 10 aromatic rings. The summed E-state index contributed by atoms with van der Waals surface area (Å²) in [5.74, 6) is 2.44. The number of thiophene rings is 1. The van der Waals surface area contributed by atoms with Crippen molar-refractivity contribution in [1.29, 1.82) is 0 Å². The van der Waals surface area contributed by atoms with E-state index in [2.05, 4.69) is 195 Å². The molecule has 0 N–H and O–H groups in total. The summed E-state index contributed by atoms with van der Waals surface area (Å²) in [5, 5.41) is 6.18. The van der Waals surface area contributed by atoms with Gasteiger partial charge in [0.2, 0.25) is 0 Å². The molecule has 11 rings (SSSR count). The van der Waals surface area contributed by atoms with Crippen molar-refractivity contribution >= 4 is 49.0 Å². The third-order valence-electron chi connectivity index (χ3n) is 11.5. The molecule has 58 heavy (non-hydrogen) atoms. The summed E-state index contributed by atoms with van der Waals surface area (Å²) in [6.07, 6.45) is 5.64. The maximum atomic E-state index is 5.34. The zero-order chi connectivity index (χ0) is 38.6. The van der Waals surface area contributed by atoms with Gasteiger partial charge in [0, 0.05) is 26.3 Å². The van der Waals surface area contributed by atoms with Crippen molar-refractivity contribution < 1.29 is 0 Å². The second-order valence-corrected chi connectivity index (χ2v) is 16.2. The molecule has 0 bridgehead atoms. The van der Waals surface area contributed by atoms with E-state index < -0.39 is 0 Å². The van der Waals surface area contributed by atoms with E-state index in [4.69, 9.17) is 15.0 Å². The van der Waals surface area contributed by atoms with E-state index >= 15 is 0 Å². The molecule has 0 saturated carbocycles. The van der Waals surface area contributed by atoms with Crippen LogP contribution in [0.4, 0.5) is 0 Å². The van der Waals surface area contributed by atoms with Gasteiger partial charge in [0.25, 0.3) is 0 Å². The minimum Gasteiger partial charge on any atom is -0.208 e. The number of fused-ring (bicyclic) bond motifs is 5. The van der Waals surface area contributed by atoms with Gasteiger partial charge in [-0.1, -0.05) is 171 Å². The number of allylic oxidation sites excluding steroid dienone is 1. The molecule has 0 amide bonds. The van der Waals surface area contributed by atoms with E-state index in [-0.39, 0.29) is 0 Å². The SMILES string of the molecule is CC1CC=Cc2sc3c(-c4nc(-c5cccc(-c6ccccc6)c5)nc(-c5cccc(-c6c7ccccc7c(-c7ccccc7)c7ccccc67)c5)n4)cccc3c21. The van der Waals surface area contributed by atoms with Gasteiger partial charge in [-0.05, 0) is 102 Å². The lowest BCUT2D eigenvalue weighted by Crippen LogP contribution is -2.01. The van der Waals surface area contributed by atoms with Gasteiger partial charge in [0.05, 0.1) is 0 Å². The van der Waals surface area contributed by atoms with Gasteiger partial charge in [0.15, 0.2) is 17.5 Å². The Balaban J connectivity index is 1.13. The molecule has 1 aliphatic carbocycles. The van der Waals surface area contributed by atoms with Gasteiger partial charge in [-0.2, -0.15) is 0 Å². The van der Waals surface area contributed by atoms with Crippen LogP contribution in [0.3, 0.4) is 0 Å². The van der Waals surface area contributed by atoms with Crippen LogP contribution in [0.15, 0.2) is 182 Å². The first-order valence-corrected chi connectivity index (χ1v) is 20.7. The highest BCUT2D eigenvalue weighted by Gasteiger charge is 2.23. The zero-order valence-electron chi connectivity index (χ0n) is 31.9. The van der Waals surface area contributed by atoms with Crippen LogP contribution < -0.4 is 0 Å². The fourth-order valence-electron chi connectivity index (χ4n) is 8.85. The van der Waals surface area contributed by atoms with Crippen molar-refractivity contribution in [2.75, 3.05) is 0 Å². The predicted molar refractivity (Wildman–Crippen MR) is 245 cm³/mol. The molecule has 274 valence electrons. The van der Waals surface area contributed by atoms with E-state index in [0.29, 0.717) is 23.4 Å². The minimum atomic E-state index is 0.464. The van der Waals surface area contributed by atoms with Gasteiger partial charge in [-0.25, -0.2) is 15.0 Å². The molecule has 1 atom stereocenters. The fraction of sp³-hybridized carbons (Fsp3) is 0.0556. The fourth-order valence-corrected chi connectivity index (χ4v) is 10.2. The van der Waals surface area contributed by atoms with E-state index in [1.54, 1.807) is 0 Å². The summed E-state index contributed by atoms with van der Waals surface area (Å²) >= 11 is 1.84. The molecule has 0 saturated heterocycles. The number of nitrogens with zero attached hydrogens (tertiary/aromatic N) is 3. The van der Waals surface area contributed by atoms with Crippen molar-refractivity contribution in [2.24, 2.45) is 0 Å². The van der Waals surface area contributed by atoms with Gasteiger partial charge in [-0.15, -0.1) is 11.3 Å². The first-order valence-electron chi connectivity index (χ1n) is 19.9. The van der Waals surface area contributed by atoms with Crippen LogP contribution in [-0.2, 0) is 0 Å². The van der Waals surface area contributed by atoms with Crippen molar-refractivity contribution in [1.82, 2.24) is 15.0 Å². The molecule has 0 fully saturated rings. The molecular weight excluding hydrogens is 723 g/mol. The van der Waals surface area contributed by atoms with Crippen LogP contribution in [0, 0.1) is 0 Å². The smallest absolute Gasteiger partial charge is 0.165 e. The average molecular weight is 760 g/mol. The maximum Gasteiger partial charge on any atom is 0.165 e.